The fourth-order valence-electron chi connectivity index (χ4n) is 2.52. The Morgan fingerprint density at radius 2 is 2.40 bits per heavy atom. The summed E-state index contributed by atoms with van der Waals surface area (Å²) in [5, 5.41) is 6.29. The van der Waals surface area contributed by atoms with E-state index >= 15 is 0 Å². The van der Waals surface area contributed by atoms with E-state index in [0.29, 0.717) is 28.9 Å². The number of carbonyl (C=O) groups excluding carboxylic acids is 1. The Morgan fingerprint density at radius 1 is 1.60 bits per heavy atom. The van der Waals surface area contributed by atoms with Gasteiger partial charge in [-0.1, -0.05) is 11.6 Å². The lowest BCUT2D eigenvalue weighted by molar-refractivity contribution is 0.0936. The van der Waals surface area contributed by atoms with E-state index in [1.165, 1.54) is 12.8 Å². The van der Waals surface area contributed by atoms with Crippen LogP contribution in [0.25, 0.3) is 0 Å². The van der Waals surface area contributed by atoms with E-state index in [0.717, 1.165) is 13.1 Å². The number of hydrogen-bond acceptors (Lipinski definition) is 4. The second-order valence-electron chi connectivity index (χ2n) is 5.28. The quantitative estimate of drug-likeness (QED) is 0.890. The van der Waals surface area contributed by atoms with E-state index in [4.69, 9.17) is 11.6 Å². The van der Waals surface area contributed by atoms with E-state index in [2.05, 4.69) is 27.6 Å². The third-order valence-electron chi connectivity index (χ3n) is 3.61. The van der Waals surface area contributed by atoms with Crippen LogP contribution in [0.2, 0.25) is 5.02 Å². The fraction of sp³-hybridized carbons (Fsp3) is 0.571. The second kappa shape index (κ2) is 6.90. The molecule has 0 bridgehead atoms. The molecular formula is C14H21ClN4O. The average Bonchev–Trinajstić information content (AvgIpc) is 2.44. The van der Waals surface area contributed by atoms with Crippen molar-refractivity contribution in [3.05, 3.63) is 22.8 Å². The summed E-state index contributed by atoms with van der Waals surface area (Å²) in [5.74, 6) is 0.991. The summed E-state index contributed by atoms with van der Waals surface area (Å²) in [4.78, 5) is 18.5. The first-order valence-corrected chi connectivity index (χ1v) is 7.28. The molecule has 0 spiro atoms. The minimum absolute atomic E-state index is 0.115. The third-order valence-corrected chi connectivity index (χ3v) is 3.90. The summed E-state index contributed by atoms with van der Waals surface area (Å²) in [5.41, 5.74) is 0.498. The first-order valence-electron chi connectivity index (χ1n) is 6.90. The van der Waals surface area contributed by atoms with E-state index in [9.17, 15) is 4.79 Å². The molecule has 2 rings (SSSR count). The number of piperidine rings is 1. The van der Waals surface area contributed by atoms with Gasteiger partial charge >= 0.3 is 0 Å². The Labute approximate surface area is 124 Å². The van der Waals surface area contributed by atoms with E-state index in [1.54, 1.807) is 19.3 Å². The normalized spacial score (nSPS) is 19.6. The molecule has 1 unspecified atom stereocenters. The van der Waals surface area contributed by atoms with Gasteiger partial charge in [-0.3, -0.25) is 4.79 Å². The van der Waals surface area contributed by atoms with Crippen molar-refractivity contribution in [3.8, 4) is 0 Å². The molecule has 1 saturated heterocycles. The van der Waals surface area contributed by atoms with Crippen molar-refractivity contribution < 1.29 is 4.79 Å². The molecule has 5 nitrogen and oxygen atoms in total. The van der Waals surface area contributed by atoms with Gasteiger partial charge in [-0.2, -0.15) is 0 Å². The molecule has 110 valence electrons. The Hall–Kier alpha value is -1.33. The van der Waals surface area contributed by atoms with Crippen molar-refractivity contribution in [3.63, 3.8) is 0 Å². The molecule has 6 heteroatoms. The van der Waals surface area contributed by atoms with Crippen LogP contribution >= 0.6 is 11.6 Å². The van der Waals surface area contributed by atoms with E-state index in [1.807, 2.05) is 0 Å². The molecule has 1 aromatic heterocycles. The lowest BCUT2D eigenvalue weighted by atomic mass is 9.98. The highest BCUT2D eigenvalue weighted by atomic mass is 35.5. The van der Waals surface area contributed by atoms with Gasteiger partial charge in [-0.15, -0.1) is 0 Å². The van der Waals surface area contributed by atoms with Crippen LogP contribution in [0, 0.1) is 5.92 Å². The number of anilines is 1. The van der Waals surface area contributed by atoms with Gasteiger partial charge in [0.05, 0.1) is 10.6 Å². The van der Waals surface area contributed by atoms with Crippen LogP contribution in [-0.4, -0.2) is 49.5 Å². The monoisotopic (exact) mass is 296 g/mol. The third kappa shape index (κ3) is 3.84. The first kappa shape index (κ1) is 15.1. The van der Waals surface area contributed by atoms with Crippen LogP contribution in [0.15, 0.2) is 12.3 Å². The number of rotatable bonds is 4. The maximum Gasteiger partial charge on any atom is 0.252 e. The number of carbonyl (C=O) groups is 1. The molecule has 1 aliphatic heterocycles. The van der Waals surface area contributed by atoms with Gasteiger partial charge in [0.1, 0.15) is 5.82 Å². The molecule has 1 aromatic rings. The van der Waals surface area contributed by atoms with Crippen molar-refractivity contribution in [2.75, 3.05) is 39.0 Å². The van der Waals surface area contributed by atoms with Crippen LogP contribution < -0.4 is 10.6 Å². The molecule has 1 fully saturated rings. The molecule has 1 aliphatic rings. The first-order chi connectivity index (χ1) is 9.60. The molecule has 0 aliphatic carbocycles. The Balaban J connectivity index is 1.90. The van der Waals surface area contributed by atoms with Gasteiger partial charge in [0.15, 0.2) is 0 Å². The van der Waals surface area contributed by atoms with E-state index < -0.39 is 0 Å². The number of amides is 1. The molecular weight excluding hydrogens is 276 g/mol. The second-order valence-corrected chi connectivity index (χ2v) is 5.69. The Kier molecular flexibility index (Phi) is 5.20. The molecule has 0 aromatic carbocycles. The smallest absolute Gasteiger partial charge is 0.252 e. The molecule has 2 N–H and O–H groups in total. The summed E-state index contributed by atoms with van der Waals surface area (Å²) < 4.78 is 0. The maximum absolute atomic E-state index is 12.1. The topological polar surface area (TPSA) is 57.3 Å². The SMILES string of the molecule is CNc1ncc(C(=O)NCC2CCCN(C)C2)cc1Cl. The van der Waals surface area contributed by atoms with Crippen molar-refractivity contribution >= 4 is 23.3 Å². The van der Waals surface area contributed by atoms with Gasteiger partial charge in [0.25, 0.3) is 5.91 Å². The zero-order valence-electron chi connectivity index (χ0n) is 11.9. The highest BCUT2D eigenvalue weighted by Gasteiger charge is 2.18. The highest BCUT2D eigenvalue weighted by molar-refractivity contribution is 6.33. The average molecular weight is 297 g/mol. The number of hydrogen-bond donors (Lipinski definition) is 2. The zero-order chi connectivity index (χ0) is 14.5. The Morgan fingerprint density at radius 3 is 3.05 bits per heavy atom. The van der Waals surface area contributed by atoms with E-state index in [-0.39, 0.29) is 5.91 Å². The number of nitrogens with zero attached hydrogens (tertiary/aromatic N) is 2. The van der Waals surface area contributed by atoms with Crippen LogP contribution in [0.4, 0.5) is 5.82 Å². The van der Waals surface area contributed by atoms with Crippen LogP contribution in [0.5, 0.6) is 0 Å². The minimum Gasteiger partial charge on any atom is -0.372 e. The number of likely N-dealkylation sites (tertiary alicyclic amines) is 1. The molecule has 20 heavy (non-hydrogen) atoms. The maximum atomic E-state index is 12.1. The Bertz CT molecular complexity index is 480. The zero-order valence-corrected chi connectivity index (χ0v) is 12.7. The summed E-state index contributed by atoms with van der Waals surface area (Å²) in [6.07, 6.45) is 3.91. The van der Waals surface area contributed by atoms with Crippen LogP contribution in [-0.2, 0) is 0 Å². The van der Waals surface area contributed by atoms with Gasteiger partial charge in [0.2, 0.25) is 0 Å². The summed E-state index contributed by atoms with van der Waals surface area (Å²) in [7, 11) is 3.86. The van der Waals surface area contributed by atoms with Gasteiger partial charge in [-0.25, -0.2) is 4.98 Å². The standard InChI is InChI=1S/C14H21ClN4O/c1-16-13-12(15)6-11(8-17-13)14(20)18-7-10-4-3-5-19(2)9-10/h6,8,10H,3-5,7,9H2,1-2H3,(H,16,17)(H,18,20). The van der Waals surface area contributed by atoms with Crippen LogP contribution in [0.1, 0.15) is 23.2 Å². The van der Waals surface area contributed by atoms with Crippen LogP contribution in [0.3, 0.4) is 0 Å². The largest absolute Gasteiger partial charge is 0.372 e. The van der Waals surface area contributed by atoms with Gasteiger partial charge < -0.3 is 15.5 Å². The number of pyridine rings is 1. The van der Waals surface area contributed by atoms with Crippen molar-refractivity contribution in [1.29, 1.82) is 0 Å². The fourth-order valence-corrected chi connectivity index (χ4v) is 2.79. The number of aromatic nitrogens is 1. The lowest BCUT2D eigenvalue weighted by Crippen LogP contribution is -2.39. The summed E-state index contributed by atoms with van der Waals surface area (Å²) >= 11 is 6.03. The number of nitrogens with one attached hydrogen (secondary N) is 2. The van der Waals surface area contributed by atoms with Crippen molar-refractivity contribution in [1.82, 2.24) is 15.2 Å². The van der Waals surface area contributed by atoms with Gasteiger partial charge in [-0.05, 0) is 38.4 Å². The predicted octanol–water partition coefficient (Wildman–Crippen LogP) is 1.85. The van der Waals surface area contributed by atoms with Gasteiger partial charge in [0, 0.05) is 26.3 Å². The minimum atomic E-state index is -0.115. The molecule has 0 radical (unpaired) electrons. The molecule has 1 amide bonds. The van der Waals surface area contributed by atoms with Crippen molar-refractivity contribution in [2.45, 2.75) is 12.8 Å². The highest BCUT2D eigenvalue weighted by Crippen LogP contribution is 2.19. The molecule has 0 saturated carbocycles. The predicted molar refractivity (Wildman–Crippen MR) is 81.3 cm³/mol. The van der Waals surface area contributed by atoms with Crippen molar-refractivity contribution in [2.24, 2.45) is 5.92 Å². The molecule has 1 atom stereocenters. The lowest BCUT2D eigenvalue weighted by Gasteiger charge is -2.29. The molecule has 2 heterocycles. The number of halogens is 1. The summed E-state index contributed by atoms with van der Waals surface area (Å²) in [6, 6.07) is 1.64. The summed E-state index contributed by atoms with van der Waals surface area (Å²) in [6.45, 7) is 2.89.